The maximum absolute atomic E-state index is 12.7. The molecule has 7 nitrogen and oxygen atoms in total. The average Bonchev–Trinajstić information content (AvgIpc) is 3.16. The minimum atomic E-state index is -0.220. The van der Waals surface area contributed by atoms with Crippen LogP contribution in [0.5, 0.6) is 0 Å². The third kappa shape index (κ3) is 4.42. The molecule has 0 aliphatic carbocycles. The average molecular weight is 402 g/mol. The molecule has 0 unspecified atom stereocenters. The molecule has 28 heavy (non-hydrogen) atoms. The Morgan fingerprint density at radius 1 is 1.29 bits per heavy atom. The van der Waals surface area contributed by atoms with E-state index in [4.69, 9.17) is 16.6 Å². The zero-order chi connectivity index (χ0) is 20.3. The van der Waals surface area contributed by atoms with Gasteiger partial charge in [0.05, 0.1) is 18.3 Å². The molecule has 0 spiro atoms. The van der Waals surface area contributed by atoms with Crippen molar-refractivity contribution >= 4 is 29.4 Å². The molecular formula is C20H24ClN5O2. The van der Waals surface area contributed by atoms with Crippen LogP contribution in [0.2, 0.25) is 5.02 Å². The van der Waals surface area contributed by atoms with E-state index in [1.54, 1.807) is 11.1 Å². The van der Waals surface area contributed by atoms with Gasteiger partial charge in [-0.2, -0.15) is 0 Å². The van der Waals surface area contributed by atoms with Crippen LogP contribution in [0.1, 0.15) is 31.5 Å². The first-order chi connectivity index (χ1) is 13.4. The van der Waals surface area contributed by atoms with Crippen LogP contribution < -0.4 is 10.2 Å². The van der Waals surface area contributed by atoms with Crippen molar-refractivity contribution in [2.75, 3.05) is 32.1 Å². The number of benzene rings is 1. The highest BCUT2D eigenvalue weighted by Crippen LogP contribution is 2.37. The quantitative estimate of drug-likeness (QED) is 0.833. The summed E-state index contributed by atoms with van der Waals surface area (Å²) in [6.45, 7) is 2.04. The first-order valence-corrected chi connectivity index (χ1v) is 9.58. The van der Waals surface area contributed by atoms with Crippen molar-refractivity contribution in [3.63, 3.8) is 0 Å². The van der Waals surface area contributed by atoms with Crippen LogP contribution in [-0.2, 0) is 9.59 Å². The van der Waals surface area contributed by atoms with E-state index < -0.39 is 0 Å². The van der Waals surface area contributed by atoms with Gasteiger partial charge in [-0.05, 0) is 30.5 Å². The van der Waals surface area contributed by atoms with Gasteiger partial charge in [0.15, 0.2) is 0 Å². The number of likely N-dealkylation sites (tertiary alicyclic amines) is 1. The Bertz CT molecular complexity index is 869. The molecule has 2 amide bonds. The van der Waals surface area contributed by atoms with E-state index in [0.717, 1.165) is 29.7 Å². The van der Waals surface area contributed by atoms with Crippen LogP contribution >= 0.6 is 11.6 Å². The molecule has 2 heterocycles. The van der Waals surface area contributed by atoms with Crippen molar-refractivity contribution in [3.8, 4) is 11.1 Å². The molecule has 1 fully saturated rings. The highest BCUT2D eigenvalue weighted by Gasteiger charge is 2.33. The molecule has 1 aromatic heterocycles. The minimum absolute atomic E-state index is 0.00622. The van der Waals surface area contributed by atoms with E-state index >= 15 is 0 Å². The zero-order valence-electron chi connectivity index (χ0n) is 16.3. The lowest BCUT2D eigenvalue weighted by Gasteiger charge is -2.27. The van der Waals surface area contributed by atoms with Gasteiger partial charge < -0.3 is 15.1 Å². The molecule has 1 atom stereocenters. The van der Waals surface area contributed by atoms with Crippen LogP contribution in [-0.4, -0.2) is 53.9 Å². The Kier molecular flexibility index (Phi) is 6.14. The van der Waals surface area contributed by atoms with Gasteiger partial charge in [0.2, 0.25) is 17.8 Å². The number of carbonyl (C=O) groups is 2. The molecule has 1 saturated heterocycles. The normalized spacial score (nSPS) is 16.1. The summed E-state index contributed by atoms with van der Waals surface area (Å²) in [5, 5.41) is 3.25. The molecule has 148 valence electrons. The van der Waals surface area contributed by atoms with E-state index in [9.17, 15) is 9.59 Å². The summed E-state index contributed by atoms with van der Waals surface area (Å²) >= 11 is 6.03. The summed E-state index contributed by atoms with van der Waals surface area (Å²) in [7, 11) is 3.77. The molecule has 8 heteroatoms. The van der Waals surface area contributed by atoms with Gasteiger partial charge in [-0.3, -0.25) is 9.59 Å². The van der Waals surface area contributed by atoms with Gasteiger partial charge in [0, 0.05) is 44.3 Å². The number of hydrogen-bond acceptors (Lipinski definition) is 5. The summed E-state index contributed by atoms with van der Waals surface area (Å²) in [5.41, 5.74) is 2.65. The van der Waals surface area contributed by atoms with Crippen molar-refractivity contribution in [2.24, 2.45) is 0 Å². The summed E-state index contributed by atoms with van der Waals surface area (Å²) in [6.07, 6.45) is 3.50. The third-order valence-electron chi connectivity index (χ3n) is 4.74. The van der Waals surface area contributed by atoms with Gasteiger partial charge in [0.1, 0.15) is 0 Å². The van der Waals surface area contributed by atoms with Crippen molar-refractivity contribution in [3.05, 3.63) is 41.2 Å². The second kappa shape index (κ2) is 8.56. The van der Waals surface area contributed by atoms with Crippen LogP contribution in [0.25, 0.3) is 11.1 Å². The smallest absolute Gasteiger partial charge is 0.242 e. The minimum Gasteiger partial charge on any atom is -0.347 e. The predicted octanol–water partition coefficient (Wildman–Crippen LogP) is 2.66. The van der Waals surface area contributed by atoms with E-state index in [0.29, 0.717) is 17.5 Å². The molecule has 1 aliphatic rings. The molecule has 0 saturated carbocycles. The standard InChI is InChI=1S/C20H24ClN5O2/c1-13(27)22-12-18(28)26-10-4-5-17(26)19-16(11-23-20(24-19)25(2)3)14-6-8-15(21)9-7-14/h6-9,11,17H,4-5,10,12H2,1-3H3,(H,22,27)/t17-/m0/s1. The number of rotatable bonds is 5. The lowest BCUT2D eigenvalue weighted by Crippen LogP contribution is -2.39. The first-order valence-electron chi connectivity index (χ1n) is 9.21. The monoisotopic (exact) mass is 401 g/mol. The topological polar surface area (TPSA) is 78.4 Å². The molecule has 2 aromatic rings. The van der Waals surface area contributed by atoms with E-state index in [1.807, 2.05) is 43.3 Å². The Morgan fingerprint density at radius 3 is 2.64 bits per heavy atom. The molecule has 1 aromatic carbocycles. The highest BCUT2D eigenvalue weighted by molar-refractivity contribution is 6.30. The number of amides is 2. The highest BCUT2D eigenvalue weighted by atomic mass is 35.5. The second-order valence-electron chi connectivity index (χ2n) is 7.03. The fourth-order valence-corrected chi connectivity index (χ4v) is 3.48. The van der Waals surface area contributed by atoms with Crippen LogP contribution in [0.15, 0.2) is 30.5 Å². The zero-order valence-corrected chi connectivity index (χ0v) is 17.0. The second-order valence-corrected chi connectivity index (χ2v) is 7.46. The summed E-state index contributed by atoms with van der Waals surface area (Å²) in [4.78, 5) is 36.8. The maximum Gasteiger partial charge on any atom is 0.242 e. The van der Waals surface area contributed by atoms with E-state index in [1.165, 1.54) is 6.92 Å². The lowest BCUT2D eigenvalue weighted by atomic mass is 10.00. The number of nitrogens with zero attached hydrogens (tertiary/aromatic N) is 4. The molecule has 0 bridgehead atoms. The van der Waals surface area contributed by atoms with Crippen molar-refractivity contribution in [1.29, 1.82) is 0 Å². The fraction of sp³-hybridized carbons (Fsp3) is 0.400. The molecule has 1 aliphatic heterocycles. The van der Waals surface area contributed by atoms with Gasteiger partial charge in [-0.25, -0.2) is 9.97 Å². The fourth-order valence-electron chi connectivity index (χ4n) is 3.36. The maximum atomic E-state index is 12.7. The Morgan fingerprint density at radius 2 is 2.00 bits per heavy atom. The largest absolute Gasteiger partial charge is 0.347 e. The number of hydrogen-bond donors (Lipinski definition) is 1. The van der Waals surface area contributed by atoms with E-state index in [2.05, 4.69) is 10.3 Å². The van der Waals surface area contributed by atoms with Crippen LogP contribution in [0.3, 0.4) is 0 Å². The number of anilines is 1. The molecular weight excluding hydrogens is 378 g/mol. The van der Waals surface area contributed by atoms with E-state index in [-0.39, 0.29) is 24.4 Å². The molecule has 1 N–H and O–H groups in total. The van der Waals surface area contributed by atoms with Gasteiger partial charge in [-0.1, -0.05) is 23.7 Å². The van der Waals surface area contributed by atoms with Gasteiger partial charge in [-0.15, -0.1) is 0 Å². The first kappa shape index (κ1) is 20.1. The van der Waals surface area contributed by atoms with Crippen molar-refractivity contribution in [2.45, 2.75) is 25.8 Å². The summed E-state index contributed by atoms with van der Waals surface area (Å²) in [5.74, 6) is 0.265. The summed E-state index contributed by atoms with van der Waals surface area (Å²) in [6, 6.07) is 7.36. The van der Waals surface area contributed by atoms with Crippen LogP contribution in [0, 0.1) is 0 Å². The van der Waals surface area contributed by atoms with Gasteiger partial charge >= 0.3 is 0 Å². The van der Waals surface area contributed by atoms with Gasteiger partial charge in [0.25, 0.3) is 0 Å². The Hall–Kier alpha value is -2.67. The molecule has 0 radical (unpaired) electrons. The number of aromatic nitrogens is 2. The summed E-state index contributed by atoms with van der Waals surface area (Å²) < 4.78 is 0. The Labute approximate surface area is 169 Å². The number of halogens is 1. The third-order valence-corrected chi connectivity index (χ3v) is 4.99. The van der Waals surface area contributed by atoms with Crippen molar-refractivity contribution in [1.82, 2.24) is 20.2 Å². The predicted molar refractivity (Wildman–Crippen MR) is 109 cm³/mol. The Balaban J connectivity index is 2.00. The SMILES string of the molecule is CC(=O)NCC(=O)N1CCC[C@H]1c1nc(N(C)C)ncc1-c1ccc(Cl)cc1. The van der Waals surface area contributed by atoms with Crippen LogP contribution in [0.4, 0.5) is 5.95 Å². The number of nitrogens with one attached hydrogen (secondary N) is 1. The lowest BCUT2D eigenvalue weighted by molar-refractivity contribution is -0.133. The van der Waals surface area contributed by atoms with Crippen molar-refractivity contribution < 1.29 is 9.59 Å². The molecule has 3 rings (SSSR count). The number of carbonyl (C=O) groups excluding carboxylic acids is 2.